The molecule has 0 spiro atoms. The average Bonchev–Trinajstić information content (AvgIpc) is 1.99. The molecule has 0 aliphatic rings. The van der Waals surface area contributed by atoms with Gasteiger partial charge in [-0.15, -0.1) is 0 Å². The second kappa shape index (κ2) is 7.23. The molecule has 0 rings (SSSR count). The van der Waals surface area contributed by atoms with Gasteiger partial charge < -0.3 is 0 Å². The summed E-state index contributed by atoms with van der Waals surface area (Å²) in [4.78, 5) is 20.4. The average molecular weight is 154 g/mol. The monoisotopic (exact) mass is 154 g/mol. The normalized spacial score (nSPS) is 8.82. The van der Waals surface area contributed by atoms with Crippen molar-refractivity contribution in [2.45, 2.75) is 39.0 Å². The highest BCUT2D eigenvalue weighted by Gasteiger charge is 1.95. The molecule has 2 nitrogen and oxygen atoms in total. The predicted octanol–water partition coefficient (Wildman–Crippen LogP) is 1.91. The van der Waals surface area contributed by atoms with Gasteiger partial charge in [0.2, 0.25) is 0 Å². The van der Waals surface area contributed by atoms with Crippen LogP contribution in [-0.2, 0) is 9.59 Å². The maximum absolute atomic E-state index is 10.7. The van der Waals surface area contributed by atoms with Gasteiger partial charge in [0, 0.05) is 6.42 Å². The van der Waals surface area contributed by atoms with Crippen molar-refractivity contribution >= 4 is 11.7 Å². The van der Waals surface area contributed by atoms with Crippen molar-refractivity contribution in [2.24, 2.45) is 0 Å². The summed E-state index contributed by atoms with van der Waals surface area (Å²) >= 11 is 0. The molecule has 0 heterocycles. The predicted molar refractivity (Wildman–Crippen MR) is 44.0 cm³/mol. The molecule has 0 aromatic carbocycles. The first-order valence-corrected chi connectivity index (χ1v) is 4.05. The van der Waals surface area contributed by atoms with Gasteiger partial charge in [0.05, 0.1) is 6.08 Å². The summed E-state index contributed by atoms with van der Waals surface area (Å²) in [6, 6.07) is 0. The van der Waals surface area contributed by atoms with E-state index in [-0.39, 0.29) is 5.78 Å². The lowest BCUT2D eigenvalue weighted by molar-refractivity contribution is -0.114. The smallest absolute Gasteiger partial charge is 0.166 e. The fourth-order valence-electron chi connectivity index (χ4n) is 0.864. The molecule has 0 atom stereocenters. The van der Waals surface area contributed by atoms with Gasteiger partial charge >= 0.3 is 0 Å². The Balaban J connectivity index is 3.24. The molecule has 0 unspecified atom stereocenters. The van der Waals surface area contributed by atoms with Gasteiger partial charge in [0.15, 0.2) is 5.78 Å². The van der Waals surface area contributed by atoms with Crippen molar-refractivity contribution in [1.82, 2.24) is 0 Å². The summed E-state index contributed by atoms with van der Waals surface area (Å²) in [6.45, 7) is 2.12. The number of unbranched alkanes of at least 4 members (excludes halogenated alkanes) is 3. The fourth-order valence-corrected chi connectivity index (χ4v) is 0.864. The molecule has 0 N–H and O–H groups in total. The van der Waals surface area contributed by atoms with Crippen LogP contribution >= 0.6 is 0 Å². The van der Waals surface area contributed by atoms with Crippen LogP contribution in [0.25, 0.3) is 0 Å². The molecule has 0 saturated carbocycles. The van der Waals surface area contributed by atoms with Crippen LogP contribution in [0.3, 0.4) is 0 Å². The Hall–Kier alpha value is -0.880. The van der Waals surface area contributed by atoms with Crippen LogP contribution < -0.4 is 0 Å². The minimum Gasteiger partial charge on any atom is -0.294 e. The molecule has 2 heteroatoms. The van der Waals surface area contributed by atoms with Gasteiger partial charge in [-0.3, -0.25) is 4.79 Å². The fraction of sp³-hybridized carbons (Fsp3) is 0.667. The Morgan fingerprint density at radius 3 is 2.64 bits per heavy atom. The van der Waals surface area contributed by atoms with E-state index in [1.165, 1.54) is 5.94 Å². The van der Waals surface area contributed by atoms with Crippen molar-refractivity contribution in [1.29, 1.82) is 0 Å². The molecule has 62 valence electrons. The van der Waals surface area contributed by atoms with Crippen LogP contribution in [-0.4, -0.2) is 11.7 Å². The van der Waals surface area contributed by atoms with Crippen molar-refractivity contribution in [2.75, 3.05) is 0 Å². The maximum atomic E-state index is 10.7. The first-order chi connectivity index (χ1) is 5.31. The van der Waals surface area contributed by atoms with E-state index in [1.54, 1.807) is 0 Å². The number of carbonyl (C=O) groups excluding carboxylic acids is 2. The lowest BCUT2D eigenvalue weighted by atomic mass is 10.1. The summed E-state index contributed by atoms with van der Waals surface area (Å²) in [5, 5.41) is 0. The largest absolute Gasteiger partial charge is 0.294 e. The second-order valence-electron chi connectivity index (χ2n) is 2.54. The number of allylic oxidation sites excluding steroid dienone is 1. The van der Waals surface area contributed by atoms with Gasteiger partial charge in [-0.2, -0.15) is 0 Å². The van der Waals surface area contributed by atoms with E-state index >= 15 is 0 Å². The molecule has 0 amide bonds. The SMILES string of the molecule is CCCCCCC(=O)C=C=O. The Morgan fingerprint density at radius 2 is 2.09 bits per heavy atom. The van der Waals surface area contributed by atoms with Gasteiger partial charge in [-0.05, 0) is 6.42 Å². The van der Waals surface area contributed by atoms with Crippen LogP contribution in [0.1, 0.15) is 39.0 Å². The molecular weight excluding hydrogens is 140 g/mol. The van der Waals surface area contributed by atoms with Crippen LogP contribution in [0.2, 0.25) is 0 Å². The highest BCUT2D eigenvalue weighted by molar-refractivity contribution is 5.95. The highest BCUT2D eigenvalue weighted by Crippen LogP contribution is 2.02. The van der Waals surface area contributed by atoms with Crippen LogP contribution in [0.15, 0.2) is 6.08 Å². The topological polar surface area (TPSA) is 34.1 Å². The van der Waals surface area contributed by atoms with Gasteiger partial charge in [-0.1, -0.05) is 26.2 Å². The zero-order chi connectivity index (χ0) is 8.53. The maximum Gasteiger partial charge on any atom is 0.166 e. The third kappa shape index (κ3) is 7.01. The second-order valence-corrected chi connectivity index (χ2v) is 2.54. The minimum absolute atomic E-state index is 0.101. The summed E-state index contributed by atoms with van der Waals surface area (Å²) in [5.41, 5.74) is 0. The van der Waals surface area contributed by atoms with Crippen LogP contribution in [0.5, 0.6) is 0 Å². The van der Waals surface area contributed by atoms with E-state index in [0.29, 0.717) is 6.42 Å². The first-order valence-electron chi connectivity index (χ1n) is 4.05. The highest BCUT2D eigenvalue weighted by atomic mass is 16.1. The van der Waals surface area contributed by atoms with Gasteiger partial charge in [0.1, 0.15) is 5.94 Å². The molecule has 0 radical (unpaired) electrons. The third-order valence-corrected chi connectivity index (χ3v) is 1.50. The molecule has 11 heavy (non-hydrogen) atoms. The minimum atomic E-state index is -0.101. The lowest BCUT2D eigenvalue weighted by Gasteiger charge is -1.93. The molecular formula is C9H14O2. The Labute approximate surface area is 67.3 Å². The zero-order valence-electron chi connectivity index (χ0n) is 6.93. The van der Waals surface area contributed by atoms with Gasteiger partial charge in [-0.25, -0.2) is 4.79 Å². The Kier molecular flexibility index (Phi) is 6.65. The van der Waals surface area contributed by atoms with E-state index in [2.05, 4.69) is 6.92 Å². The van der Waals surface area contributed by atoms with E-state index in [0.717, 1.165) is 31.8 Å². The molecule has 0 saturated heterocycles. The molecule has 0 fully saturated rings. The van der Waals surface area contributed by atoms with E-state index in [1.807, 2.05) is 0 Å². The standard InChI is InChI=1S/C9H14O2/c1-2-3-4-5-6-9(11)7-8-10/h7H,2-6H2,1H3. The van der Waals surface area contributed by atoms with Crippen LogP contribution in [0.4, 0.5) is 0 Å². The van der Waals surface area contributed by atoms with Crippen molar-refractivity contribution in [3.8, 4) is 0 Å². The summed E-state index contributed by atoms with van der Waals surface area (Å²) < 4.78 is 0. The van der Waals surface area contributed by atoms with E-state index in [4.69, 9.17) is 0 Å². The van der Waals surface area contributed by atoms with Gasteiger partial charge in [0.25, 0.3) is 0 Å². The molecule has 0 aliphatic carbocycles. The van der Waals surface area contributed by atoms with Crippen molar-refractivity contribution in [3.63, 3.8) is 0 Å². The van der Waals surface area contributed by atoms with Crippen LogP contribution in [0, 0.1) is 0 Å². The quantitative estimate of drug-likeness (QED) is 0.333. The molecule has 0 aromatic rings. The number of hydrogen-bond donors (Lipinski definition) is 0. The Morgan fingerprint density at radius 1 is 1.36 bits per heavy atom. The summed E-state index contributed by atoms with van der Waals surface area (Å²) in [6.07, 6.45) is 5.77. The number of rotatable bonds is 6. The van der Waals surface area contributed by atoms with E-state index in [9.17, 15) is 9.59 Å². The third-order valence-electron chi connectivity index (χ3n) is 1.50. The van der Waals surface area contributed by atoms with Crippen molar-refractivity contribution in [3.05, 3.63) is 6.08 Å². The first kappa shape index (κ1) is 10.1. The zero-order valence-corrected chi connectivity index (χ0v) is 6.93. The molecule has 0 bridgehead atoms. The summed E-state index contributed by atoms with van der Waals surface area (Å²) in [5.74, 6) is 1.38. The van der Waals surface area contributed by atoms with Crippen molar-refractivity contribution < 1.29 is 9.59 Å². The summed E-state index contributed by atoms with van der Waals surface area (Å²) in [7, 11) is 0. The lowest BCUT2D eigenvalue weighted by Crippen LogP contribution is -1.91. The molecule has 0 aliphatic heterocycles. The Bertz CT molecular complexity index is 155. The number of ketones is 1. The number of carbonyl (C=O) groups is 1. The molecule has 0 aromatic heterocycles. The van der Waals surface area contributed by atoms with E-state index < -0.39 is 0 Å². The number of hydrogen-bond acceptors (Lipinski definition) is 2.